The molecule has 0 atom stereocenters. The summed E-state index contributed by atoms with van der Waals surface area (Å²) in [5.41, 5.74) is 1.73. The summed E-state index contributed by atoms with van der Waals surface area (Å²) in [4.78, 5) is 21.2. The second-order valence-electron chi connectivity index (χ2n) is 5.62. The van der Waals surface area contributed by atoms with Gasteiger partial charge < -0.3 is 9.84 Å². The molecule has 0 aliphatic rings. The van der Waals surface area contributed by atoms with E-state index >= 15 is 0 Å². The molecule has 4 aromatic rings. The first-order valence-electron chi connectivity index (χ1n) is 7.98. The molecule has 0 bridgehead atoms. The Labute approximate surface area is 158 Å². The van der Waals surface area contributed by atoms with Crippen LogP contribution in [0.5, 0.6) is 0 Å². The highest BCUT2D eigenvalue weighted by Crippen LogP contribution is 2.31. The number of anilines is 1. The minimum absolute atomic E-state index is 0.305. The second-order valence-corrected chi connectivity index (χ2v) is 6.03. The fourth-order valence-corrected chi connectivity index (χ4v) is 2.79. The fourth-order valence-electron chi connectivity index (χ4n) is 2.56. The number of aromatic nitrogens is 5. The Balaban J connectivity index is 1.61. The zero-order chi connectivity index (χ0) is 18.8. The molecule has 9 heteroatoms. The van der Waals surface area contributed by atoms with Gasteiger partial charge in [0.1, 0.15) is 17.0 Å². The van der Waals surface area contributed by atoms with E-state index in [-0.39, 0.29) is 5.91 Å². The molecule has 3 heterocycles. The van der Waals surface area contributed by atoms with E-state index < -0.39 is 0 Å². The number of aryl methyl sites for hydroxylation is 1. The lowest BCUT2D eigenvalue weighted by molar-refractivity contribution is 0.102. The number of nitrogens with zero attached hydrogens (tertiary/aromatic N) is 5. The molecule has 8 nitrogen and oxygen atoms in total. The number of rotatable bonds is 4. The molecule has 0 radical (unpaired) electrons. The van der Waals surface area contributed by atoms with Gasteiger partial charge in [-0.15, -0.1) is 0 Å². The van der Waals surface area contributed by atoms with Crippen molar-refractivity contribution in [1.82, 2.24) is 24.9 Å². The molecule has 0 spiro atoms. The molecule has 0 fully saturated rings. The average molecular weight is 381 g/mol. The Bertz CT molecular complexity index is 1090. The van der Waals surface area contributed by atoms with Crippen LogP contribution < -0.4 is 5.32 Å². The summed E-state index contributed by atoms with van der Waals surface area (Å²) in [6, 6.07) is 8.89. The van der Waals surface area contributed by atoms with E-state index in [1.54, 1.807) is 43.6 Å². The Morgan fingerprint density at radius 1 is 1.19 bits per heavy atom. The van der Waals surface area contributed by atoms with Gasteiger partial charge in [0, 0.05) is 18.0 Å². The maximum absolute atomic E-state index is 12.8. The van der Waals surface area contributed by atoms with Crippen molar-refractivity contribution < 1.29 is 9.32 Å². The molecule has 1 aromatic carbocycles. The van der Waals surface area contributed by atoms with Crippen LogP contribution in [-0.2, 0) is 0 Å². The minimum Gasteiger partial charge on any atom is -0.360 e. The molecule has 27 heavy (non-hydrogen) atoms. The maximum Gasteiger partial charge on any atom is 0.261 e. The van der Waals surface area contributed by atoms with Crippen LogP contribution in [-0.4, -0.2) is 30.8 Å². The lowest BCUT2D eigenvalue weighted by atomic mass is 10.1. The van der Waals surface area contributed by atoms with Crippen LogP contribution >= 0.6 is 11.6 Å². The molecule has 0 aliphatic carbocycles. The molecule has 0 aliphatic heterocycles. The topological polar surface area (TPSA) is 98.7 Å². The highest BCUT2D eigenvalue weighted by atomic mass is 35.5. The fraction of sp³-hybridized carbons (Fsp3) is 0.0556. The second kappa shape index (κ2) is 7.00. The lowest BCUT2D eigenvalue weighted by Gasteiger charge is -2.07. The molecular formula is C18H13ClN6O2. The Kier molecular flexibility index (Phi) is 4.39. The van der Waals surface area contributed by atoms with E-state index in [1.807, 2.05) is 6.07 Å². The van der Waals surface area contributed by atoms with Gasteiger partial charge in [0.05, 0.1) is 23.1 Å². The van der Waals surface area contributed by atoms with Crippen molar-refractivity contribution in [2.45, 2.75) is 6.92 Å². The Morgan fingerprint density at radius 3 is 2.67 bits per heavy atom. The SMILES string of the molecule is Cc1onc(-c2ccccc2Cl)c1C(=O)Nc1cnc(-n2cccn2)nc1. The molecule has 0 saturated heterocycles. The molecule has 134 valence electrons. The van der Waals surface area contributed by atoms with E-state index in [0.29, 0.717) is 39.2 Å². The van der Waals surface area contributed by atoms with Gasteiger partial charge in [0.15, 0.2) is 0 Å². The number of amides is 1. The van der Waals surface area contributed by atoms with Gasteiger partial charge in [-0.2, -0.15) is 5.10 Å². The largest absolute Gasteiger partial charge is 0.360 e. The van der Waals surface area contributed by atoms with Gasteiger partial charge in [-0.05, 0) is 19.1 Å². The van der Waals surface area contributed by atoms with Crippen molar-refractivity contribution in [1.29, 1.82) is 0 Å². The van der Waals surface area contributed by atoms with Crippen molar-refractivity contribution in [2.75, 3.05) is 5.32 Å². The van der Waals surface area contributed by atoms with Crippen LogP contribution in [0.1, 0.15) is 16.1 Å². The smallest absolute Gasteiger partial charge is 0.261 e. The van der Waals surface area contributed by atoms with E-state index in [1.165, 1.54) is 17.1 Å². The molecule has 1 N–H and O–H groups in total. The van der Waals surface area contributed by atoms with Crippen LogP contribution in [0, 0.1) is 6.92 Å². The molecule has 0 unspecified atom stereocenters. The molecule has 0 saturated carbocycles. The number of hydrogen-bond donors (Lipinski definition) is 1. The quantitative estimate of drug-likeness (QED) is 0.581. The lowest BCUT2D eigenvalue weighted by Crippen LogP contribution is -2.14. The number of benzene rings is 1. The van der Waals surface area contributed by atoms with Crippen LogP contribution in [0.3, 0.4) is 0 Å². The molecule has 1 amide bonds. The van der Waals surface area contributed by atoms with Crippen molar-refractivity contribution >= 4 is 23.2 Å². The number of hydrogen-bond acceptors (Lipinski definition) is 6. The first kappa shape index (κ1) is 16.9. The number of halogens is 1. The maximum atomic E-state index is 12.8. The summed E-state index contributed by atoms with van der Waals surface area (Å²) in [7, 11) is 0. The molecular weight excluding hydrogens is 368 g/mol. The van der Waals surface area contributed by atoms with Crippen molar-refractivity contribution in [2.24, 2.45) is 0 Å². The standard InChI is InChI=1S/C18H13ClN6O2/c1-11-15(16(24-27-11)13-5-2-3-6-14(13)19)17(26)23-12-9-20-18(21-10-12)25-8-4-7-22-25/h2-10H,1H3,(H,23,26). The van der Waals surface area contributed by atoms with Gasteiger partial charge in [-0.1, -0.05) is 35.0 Å². The highest BCUT2D eigenvalue weighted by Gasteiger charge is 2.23. The summed E-state index contributed by atoms with van der Waals surface area (Å²) in [6.07, 6.45) is 6.35. The van der Waals surface area contributed by atoms with Gasteiger partial charge >= 0.3 is 0 Å². The van der Waals surface area contributed by atoms with Gasteiger partial charge in [0.25, 0.3) is 11.9 Å². The predicted molar refractivity (Wildman–Crippen MR) is 98.8 cm³/mol. The van der Waals surface area contributed by atoms with Crippen molar-refractivity contribution in [3.8, 4) is 17.2 Å². The number of carbonyl (C=O) groups excluding carboxylic acids is 1. The van der Waals surface area contributed by atoms with E-state index in [0.717, 1.165) is 0 Å². The van der Waals surface area contributed by atoms with Gasteiger partial charge in [0.2, 0.25) is 0 Å². The van der Waals surface area contributed by atoms with Gasteiger partial charge in [-0.25, -0.2) is 14.6 Å². The van der Waals surface area contributed by atoms with Crippen molar-refractivity contribution in [3.05, 3.63) is 71.5 Å². The Morgan fingerprint density at radius 2 is 1.96 bits per heavy atom. The molecule has 4 rings (SSSR count). The Hall–Kier alpha value is -3.52. The summed E-state index contributed by atoms with van der Waals surface area (Å²) >= 11 is 6.23. The summed E-state index contributed by atoms with van der Waals surface area (Å²) in [6.45, 7) is 1.67. The third-order valence-electron chi connectivity index (χ3n) is 3.82. The third-order valence-corrected chi connectivity index (χ3v) is 4.15. The highest BCUT2D eigenvalue weighted by molar-refractivity contribution is 6.33. The normalized spacial score (nSPS) is 10.7. The first-order valence-corrected chi connectivity index (χ1v) is 8.36. The summed E-state index contributed by atoms with van der Waals surface area (Å²) in [5.74, 6) is 0.395. The van der Waals surface area contributed by atoms with Crippen LogP contribution in [0.4, 0.5) is 5.69 Å². The summed E-state index contributed by atoms with van der Waals surface area (Å²) in [5, 5.41) is 11.3. The molecule has 3 aromatic heterocycles. The van der Waals surface area contributed by atoms with Crippen LogP contribution in [0.25, 0.3) is 17.2 Å². The monoisotopic (exact) mass is 380 g/mol. The van der Waals surface area contributed by atoms with E-state index in [2.05, 4.69) is 25.5 Å². The first-order chi connectivity index (χ1) is 13.1. The zero-order valence-corrected chi connectivity index (χ0v) is 14.9. The van der Waals surface area contributed by atoms with E-state index in [4.69, 9.17) is 16.1 Å². The van der Waals surface area contributed by atoms with Crippen molar-refractivity contribution in [3.63, 3.8) is 0 Å². The summed E-state index contributed by atoms with van der Waals surface area (Å²) < 4.78 is 6.74. The van der Waals surface area contributed by atoms with Gasteiger partial charge in [-0.3, -0.25) is 4.79 Å². The predicted octanol–water partition coefficient (Wildman–Crippen LogP) is 3.53. The third kappa shape index (κ3) is 3.30. The zero-order valence-electron chi connectivity index (χ0n) is 14.1. The van der Waals surface area contributed by atoms with E-state index in [9.17, 15) is 4.79 Å². The van der Waals surface area contributed by atoms with Crippen LogP contribution in [0.15, 0.2) is 59.6 Å². The number of nitrogens with one attached hydrogen (secondary N) is 1. The number of carbonyl (C=O) groups is 1. The minimum atomic E-state index is -0.390. The van der Waals surface area contributed by atoms with Crippen LogP contribution in [0.2, 0.25) is 5.02 Å². The average Bonchev–Trinajstić information content (AvgIpc) is 3.33.